The predicted molar refractivity (Wildman–Crippen MR) is 92.0 cm³/mol. The van der Waals surface area contributed by atoms with Crippen molar-refractivity contribution in [2.45, 2.75) is 12.5 Å². The van der Waals surface area contributed by atoms with Crippen molar-refractivity contribution in [2.24, 2.45) is 0 Å². The molecule has 2 rings (SSSR count). The van der Waals surface area contributed by atoms with Crippen LogP contribution in [0.25, 0.3) is 0 Å². The Hall–Kier alpha value is -2.26. The average molecular weight is 413 g/mol. The Morgan fingerprint density at radius 1 is 1.38 bits per heavy atom. The summed E-state index contributed by atoms with van der Waals surface area (Å²) in [5, 5.41) is 14.7. The van der Waals surface area contributed by atoms with E-state index in [0.717, 1.165) is 21.4 Å². The lowest BCUT2D eigenvalue weighted by molar-refractivity contribution is -0.380. The van der Waals surface area contributed by atoms with E-state index in [2.05, 4.69) is 26.0 Å². The highest BCUT2D eigenvalue weighted by Crippen LogP contribution is 2.24. The number of halogens is 1. The normalized spacial score (nSPS) is 11.6. The Bertz CT molecular complexity index is 759. The van der Waals surface area contributed by atoms with Gasteiger partial charge < -0.3 is 10.1 Å². The number of nitro groups is 1. The smallest absolute Gasteiger partial charge is 0.324 e. The number of ether oxygens (including phenoxy) is 1. The number of methoxy groups -OCH3 is 1. The Labute approximate surface area is 149 Å². The molecule has 0 aliphatic carbocycles. The van der Waals surface area contributed by atoms with Gasteiger partial charge in [-0.2, -0.15) is 0 Å². The van der Waals surface area contributed by atoms with Crippen LogP contribution in [0.3, 0.4) is 0 Å². The molecule has 1 N–H and O–H groups in total. The Morgan fingerprint density at radius 3 is 2.58 bits per heavy atom. The zero-order valence-corrected chi connectivity index (χ0v) is 14.9. The molecule has 0 saturated carbocycles. The average Bonchev–Trinajstić information content (AvgIpc) is 3.05. The van der Waals surface area contributed by atoms with E-state index in [4.69, 9.17) is 0 Å². The van der Waals surface area contributed by atoms with Crippen LogP contribution in [0.4, 0.5) is 5.00 Å². The Balaban J connectivity index is 2.20. The van der Waals surface area contributed by atoms with Gasteiger partial charge in [-0.3, -0.25) is 19.7 Å². The van der Waals surface area contributed by atoms with Gasteiger partial charge >= 0.3 is 11.0 Å². The number of carbonyl (C=O) groups is 2. The molecule has 126 valence electrons. The molecule has 0 aliphatic heterocycles. The first kappa shape index (κ1) is 18.1. The van der Waals surface area contributed by atoms with Gasteiger partial charge in [-0.15, -0.1) is 0 Å². The fourth-order valence-electron chi connectivity index (χ4n) is 1.98. The third-order valence-corrected chi connectivity index (χ3v) is 4.61. The van der Waals surface area contributed by atoms with E-state index in [9.17, 15) is 19.7 Å². The van der Waals surface area contributed by atoms with Gasteiger partial charge in [0.2, 0.25) is 0 Å². The molecular formula is C15H13BrN2O5S. The summed E-state index contributed by atoms with van der Waals surface area (Å²) < 4.78 is 5.53. The number of amides is 1. The number of nitrogens with one attached hydrogen (secondary N) is 1. The number of carbonyl (C=O) groups excluding carboxylic acids is 2. The van der Waals surface area contributed by atoms with Crippen LogP contribution in [0.1, 0.15) is 28.4 Å². The van der Waals surface area contributed by atoms with E-state index < -0.39 is 22.8 Å². The van der Waals surface area contributed by atoms with Crippen molar-refractivity contribution < 1.29 is 19.2 Å². The molecule has 0 bridgehead atoms. The zero-order valence-electron chi connectivity index (χ0n) is 12.5. The Morgan fingerprint density at radius 2 is 2.04 bits per heavy atom. The highest BCUT2D eigenvalue weighted by molar-refractivity contribution is 9.10. The van der Waals surface area contributed by atoms with Crippen LogP contribution in [0.2, 0.25) is 0 Å². The van der Waals surface area contributed by atoms with Crippen molar-refractivity contribution in [3.8, 4) is 0 Å². The van der Waals surface area contributed by atoms with E-state index in [1.54, 1.807) is 24.3 Å². The number of thiophene rings is 1. The monoisotopic (exact) mass is 412 g/mol. The SMILES string of the molecule is COC(=O)CC(NC(=O)c1csc([N+](=O)[O-])c1)c1ccc(Br)cc1. The van der Waals surface area contributed by atoms with Crippen LogP contribution in [0.15, 0.2) is 40.2 Å². The van der Waals surface area contributed by atoms with Crippen molar-refractivity contribution in [3.05, 3.63) is 61.4 Å². The molecule has 1 amide bonds. The zero-order chi connectivity index (χ0) is 17.7. The third-order valence-electron chi connectivity index (χ3n) is 3.20. The summed E-state index contributed by atoms with van der Waals surface area (Å²) in [6.07, 6.45) is -0.0455. The highest BCUT2D eigenvalue weighted by Gasteiger charge is 2.22. The number of esters is 1. The van der Waals surface area contributed by atoms with Crippen molar-refractivity contribution in [2.75, 3.05) is 7.11 Å². The lowest BCUT2D eigenvalue weighted by atomic mass is 10.0. The van der Waals surface area contributed by atoms with Crippen molar-refractivity contribution in [3.63, 3.8) is 0 Å². The molecule has 0 radical (unpaired) electrons. The van der Waals surface area contributed by atoms with E-state index in [0.29, 0.717) is 0 Å². The molecule has 0 fully saturated rings. The van der Waals surface area contributed by atoms with E-state index in [-0.39, 0.29) is 17.0 Å². The quantitative estimate of drug-likeness (QED) is 0.444. The van der Waals surface area contributed by atoms with Crippen molar-refractivity contribution in [1.82, 2.24) is 5.32 Å². The lowest BCUT2D eigenvalue weighted by Crippen LogP contribution is -2.30. The summed E-state index contributed by atoms with van der Waals surface area (Å²) in [7, 11) is 1.27. The van der Waals surface area contributed by atoms with Crippen LogP contribution < -0.4 is 5.32 Å². The maximum atomic E-state index is 12.3. The summed E-state index contributed by atoms with van der Waals surface area (Å²) in [5.74, 6) is -0.962. The fraction of sp³-hybridized carbons (Fsp3) is 0.200. The summed E-state index contributed by atoms with van der Waals surface area (Å²) in [6.45, 7) is 0. The van der Waals surface area contributed by atoms with E-state index >= 15 is 0 Å². The largest absolute Gasteiger partial charge is 0.469 e. The molecule has 0 aliphatic rings. The first-order chi connectivity index (χ1) is 11.4. The molecule has 1 atom stereocenters. The van der Waals surface area contributed by atoms with Crippen LogP contribution in [-0.2, 0) is 9.53 Å². The number of benzene rings is 1. The van der Waals surface area contributed by atoms with E-state index in [1.807, 2.05) is 0 Å². The van der Waals surface area contributed by atoms with Crippen LogP contribution in [-0.4, -0.2) is 23.9 Å². The number of rotatable bonds is 6. The van der Waals surface area contributed by atoms with Gasteiger partial charge in [-0.1, -0.05) is 39.4 Å². The molecule has 1 heterocycles. The summed E-state index contributed by atoms with van der Waals surface area (Å²) in [6, 6.07) is 7.73. The molecule has 9 heteroatoms. The lowest BCUT2D eigenvalue weighted by Gasteiger charge is -2.18. The second-order valence-electron chi connectivity index (χ2n) is 4.79. The molecule has 2 aromatic rings. The molecule has 7 nitrogen and oxygen atoms in total. The van der Waals surface area contributed by atoms with E-state index in [1.165, 1.54) is 18.6 Å². The maximum Gasteiger partial charge on any atom is 0.324 e. The standard InChI is InChI=1S/C15H13BrN2O5S/c1-23-14(19)7-12(9-2-4-11(16)5-3-9)17-15(20)10-6-13(18(21)22)24-8-10/h2-6,8,12H,7H2,1H3,(H,17,20). The maximum absolute atomic E-state index is 12.3. The molecule has 1 aromatic heterocycles. The first-order valence-electron chi connectivity index (χ1n) is 6.76. The minimum absolute atomic E-state index is 0.0455. The fourth-order valence-corrected chi connectivity index (χ4v) is 2.95. The number of hydrogen-bond donors (Lipinski definition) is 1. The van der Waals surface area contributed by atoms with Gasteiger partial charge in [0.25, 0.3) is 5.91 Å². The van der Waals surface area contributed by atoms with Gasteiger partial charge in [0.05, 0.1) is 30.1 Å². The number of nitrogens with zero attached hydrogens (tertiary/aromatic N) is 1. The summed E-state index contributed by atoms with van der Waals surface area (Å²) in [4.78, 5) is 34.1. The highest BCUT2D eigenvalue weighted by atomic mass is 79.9. The molecule has 0 spiro atoms. The van der Waals surface area contributed by atoms with Crippen LogP contribution >= 0.6 is 27.3 Å². The van der Waals surface area contributed by atoms with Crippen molar-refractivity contribution >= 4 is 44.1 Å². The van der Waals surface area contributed by atoms with Gasteiger partial charge in [0.1, 0.15) is 0 Å². The molecular weight excluding hydrogens is 400 g/mol. The summed E-state index contributed by atoms with van der Waals surface area (Å²) in [5.41, 5.74) is 0.903. The number of hydrogen-bond acceptors (Lipinski definition) is 6. The van der Waals surface area contributed by atoms with Gasteiger partial charge in [0.15, 0.2) is 0 Å². The van der Waals surface area contributed by atoms with Gasteiger partial charge in [-0.25, -0.2) is 0 Å². The van der Waals surface area contributed by atoms with Crippen LogP contribution in [0, 0.1) is 10.1 Å². The van der Waals surface area contributed by atoms with Crippen LogP contribution in [0.5, 0.6) is 0 Å². The minimum Gasteiger partial charge on any atom is -0.469 e. The molecule has 1 unspecified atom stereocenters. The second kappa shape index (κ2) is 8.02. The molecule has 1 aromatic carbocycles. The Kier molecular flexibility index (Phi) is 6.04. The predicted octanol–water partition coefficient (Wildman–Crippen LogP) is 3.45. The van der Waals surface area contributed by atoms with Gasteiger partial charge in [-0.05, 0) is 17.7 Å². The topological polar surface area (TPSA) is 98.5 Å². The second-order valence-corrected chi connectivity index (χ2v) is 6.59. The van der Waals surface area contributed by atoms with Crippen molar-refractivity contribution in [1.29, 1.82) is 0 Å². The first-order valence-corrected chi connectivity index (χ1v) is 8.44. The molecule has 24 heavy (non-hydrogen) atoms. The summed E-state index contributed by atoms with van der Waals surface area (Å²) >= 11 is 4.19. The molecule has 0 saturated heterocycles. The minimum atomic E-state index is -0.600. The third kappa shape index (κ3) is 4.62. The van der Waals surface area contributed by atoms with Gasteiger partial charge in [0, 0.05) is 15.9 Å².